The fourth-order valence-electron chi connectivity index (χ4n) is 2.90. The lowest BCUT2D eigenvalue weighted by molar-refractivity contribution is -0.109. The number of likely N-dealkylation sites (tertiary alicyclic amines) is 1. The van der Waals surface area contributed by atoms with Crippen molar-refractivity contribution in [3.05, 3.63) is 0 Å². The molecule has 100 valence electrons. The summed E-state index contributed by atoms with van der Waals surface area (Å²) in [6.07, 6.45) is 0.684. The molecule has 0 radical (unpaired) electrons. The van der Waals surface area contributed by atoms with Crippen LogP contribution in [0.5, 0.6) is 0 Å². The van der Waals surface area contributed by atoms with Gasteiger partial charge in [-0.1, -0.05) is 16.2 Å². The zero-order chi connectivity index (χ0) is 12.9. The number of rotatable bonds is 2. The van der Waals surface area contributed by atoms with Gasteiger partial charge in [0.25, 0.3) is 11.3 Å². The topological polar surface area (TPSA) is 3.24 Å². The maximum atomic E-state index is 13.6. The van der Waals surface area contributed by atoms with Gasteiger partial charge in [-0.25, -0.2) is 17.6 Å². The summed E-state index contributed by atoms with van der Waals surface area (Å²) in [5.41, 5.74) is -6.25. The predicted molar refractivity (Wildman–Crippen MR) is 65.5 cm³/mol. The molecule has 0 bridgehead atoms. The minimum absolute atomic E-state index is 0.0381. The van der Waals surface area contributed by atoms with Gasteiger partial charge in [0.05, 0.1) is 6.54 Å². The minimum Gasteiger partial charge on any atom is -0.297 e. The minimum atomic E-state index is -2.82. The third-order valence-electron chi connectivity index (χ3n) is 4.03. The lowest BCUT2D eigenvalue weighted by Gasteiger charge is -2.57. The molecule has 0 aromatic carbocycles. The van der Waals surface area contributed by atoms with E-state index in [0.29, 0.717) is 25.9 Å². The maximum absolute atomic E-state index is 13.6. The van der Waals surface area contributed by atoms with E-state index in [1.807, 2.05) is 6.92 Å². The number of halogens is 4. The number of nitrogens with zero attached hydrogens (tertiary/aromatic N) is 1. The van der Waals surface area contributed by atoms with Crippen LogP contribution in [0.25, 0.3) is 0 Å². The summed E-state index contributed by atoms with van der Waals surface area (Å²) >= 11 is 0. The summed E-state index contributed by atoms with van der Waals surface area (Å²) in [6.45, 7) is 2.22. The van der Waals surface area contributed by atoms with Crippen LogP contribution < -0.4 is 0 Å². The molecule has 2 saturated heterocycles. The van der Waals surface area contributed by atoms with Gasteiger partial charge in [-0.2, -0.15) is 0 Å². The van der Waals surface area contributed by atoms with E-state index in [-0.39, 0.29) is 20.8 Å². The second kappa shape index (κ2) is 4.28. The van der Waals surface area contributed by atoms with Gasteiger partial charge in [-0.05, 0) is 40.2 Å². The molecule has 0 aliphatic carbocycles. The standard InChI is InChI=1S/C10H17F4NP2/c1-7-8(10(13,14)17-7)2-4-15(5-3-8)6-9(11,12)16/h7,17H,2-6,16H2,1H3. The molecule has 1 nitrogen and oxygen atoms in total. The summed E-state index contributed by atoms with van der Waals surface area (Å²) in [7, 11) is 1.20. The van der Waals surface area contributed by atoms with Crippen LogP contribution in [0.2, 0.25) is 0 Å². The molecule has 0 saturated carbocycles. The van der Waals surface area contributed by atoms with Crippen LogP contribution >= 0.6 is 17.8 Å². The second-order valence-electron chi connectivity index (χ2n) is 5.13. The van der Waals surface area contributed by atoms with E-state index >= 15 is 0 Å². The molecule has 1 spiro atoms. The SMILES string of the molecule is CC1PC(F)(F)C12CCN(CC(F)(F)P)CC2. The number of hydrogen-bond donors (Lipinski definition) is 0. The Hall–Kier alpha value is 0.540. The third kappa shape index (κ3) is 2.48. The average molecular weight is 289 g/mol. The summed E-state index contributed by atoms with van der Waals surface area (Å²) in [6, 6.07) is 0. The average Bonchev–Trinajstić information content (AvgIpc) is 2.15. The van der Waals surface area contributed by atoms with E-state index in [1.54, 1.807) is 4.90 Å². The van der Waals surface area contributed by atoms with Crippen molar-refractivity contribution in [3.8, 4) is 0 Å². The van der Waals surface area contributed by atoms with Crippen LogP contribution in [0.15, 0.2) is 0 Å². The van der Waals surface area contributed by atoms with Gasteiger partial charge in [-0.15, -0.1) is 0 Å². The molecule has 2 fully saturated rings. The Balaban J connectivity index is 1.94. The van der Waals surface area contributed by atoms with Crippen molar-refractivity contribution in [2.75, 3.05) is 19.6 Å². The van der Waals surface area contributed by atoms with Gasteiger partial charge >= 0.3 is 0 Å². The van der Waals surface area contributed by atoms with Crippen molar-refractivity contribution in [2.45, 2.75) is 36.8 Å². The first-order chi connectivity index (χ1) is 7.66. The molecule has 3 atom stereocenters. The Kier molecular flexibility index (Phi) is 3.52. The second-order valence-corrected chi connectivity index (χ2v) is 7.76. The first-order valence-electron chi connectivity index (χ1n) is 5.71. The summed E-state index contributed by atoms with van der Waals surface area (Å²) < 4.78 is 52.9. The third-order valence-corrected chi connectivity index (χ3v) is 6.06. The molecule has 2 aliphatic rings. The zero-order valence-electron chi connectivity index (χ0n) is 9.65. The van der Waals surface area contributed by atoms with Gasteiger partial charge in [0.1, 0.15) is 0 Å². The molecular formula is C10H17F4NP2. The van der Waals surface area contributed by atoms with Gasteiger partial charge in [0.15, 0.2) is 0 Å². The van der Waals surface area contributed by atoms with Crippen molar-refractivity contribution in [3.63, 3.8) is 0 Å². The van der Waals surface area contributed by atoms with Crippen molar-refractivity contribution in [2.24, 2.45) is 5.41 Å². The normalized spacial score (nSPS) is 33.9. The van der Waals surface area contributed by atoms with Crippen molar-refractivity contribution < 1.29 is 17.6 Å². The first-order valence-corrected chi connectivity index (χ1v) is 7.36. The maximum Gasteiger partial charge on any atom is 0.271 e. The van der Waals surface area contributed by atoms with Gasteiger partial charge in [0.2, 0.25) is 0 Å². The van der Waals surface area contributed by atoms with E-state index in [0.717, 1.165) is 0 Å². The smallest absolute Gasteiger partial charge is 0.271 e. The van der Waals surface area contributed by atoms with Crippen LogP contribution in [0.3, 0.4) is 0 Å². The Bertz CT molecular complexity index is 297. The molecule has 0 amide bonds. The van der Waals surface area contributed by atoms with Crippen molar-refractivity contribution in [1.29, 1.82) is 0 Å². The summed E-state index contributed by atoms with van der Waals surface area (Å²) in [4.78, 5) is 1.59. The fraction of sp³-hybridized carbons (Fsp3) is 1.00. The molecule has 2 heterocycles. The highest BCUT2D eigenvalue weighted by atomic mass is 31.1. The van der Waals surface area contributed by atoms with E-state index in [4.69, 9.17) is 0 Å². The Morgan fingerprint density at radius 1 is 1.35 bits per heavy atom. The molecular weight excluding hydrogens is 272 g/mol. The first kappa shape index (κ1) is 14.0. The number of hydrogen-bond acceptors (Lipinski definition) is 1. The van der Waals surface area contributed by atoms with Crippen LogP contribution in [-0.2, 0) is 0 Å². The molecule has 0 N–H and O–H groups in total. The summed E-state index contributed by atoms with van der Waals surface area (Å²) in [5.74, 6) is 0. The van der Waals surface area contributed by atoms with Gasteiger partial charge in [-0.3, -0.25) is 4.90 Å². The largest absolute Gasteiger partial charge is 0.297 e. The fourth-order valence-corrected chi connectivity index (χ4v) is 4.98. The quantitative estimate of drug-likeness (QED) is 0.557. The predicted octanol–water partition coefficient (Wildman–Crippen LogP) is 3.21. The number of piperidine rings is 1. The van der Waals surface area contributed by atoms with E-state index in [1.165, 1.54) is 9.24 Å². The molecule has 0 aromatic rings. The highest BCUT2D eigenvalue weighted by molar-refractivity contribution is 7.42. The van der Waals surface area contributed by atoms with Crippen LogP contribution in [-0.4, -0.2) is 41.5 Å². The highest BCUT2D eigenvalue weighted by Crippen LogP contribution is 2.70. The molecule has 0 aromatic heterocycles. The monoisotopic (exact) mass is 289 g/mol. The van der Waals surface area contributed by atoms with Crippen molar-refractivity contribution >= 4 is 17.8 Å². The Morgan fingerprint density at radius 3 is 2.24 bits per heavy atom. The van der Waals surface area contributed by atoms with E-state index in [2.05, 4.69) is 0 Å². The Labute approximate surface area is 103 Å². The summed E-state index contributed by atoms with van der Waals surface area (Å²) in [5, 5.41) is 0. The lowest BCUT2D eigenvalue weighted by Crippen LogP contribution is -2.60. The van der Waals surface area contributed by atoms with Crippen LogP contribution in [0, 0.1) is 5.41 Å². The zero-order valence-corrected chi connectivity index (χ0v) is 11.8. The molecule has 3 unspecified atom stereocenters. The molecule has 2 rings (SSSR count). The van der Waals surface area contributed by atoms with Crippen LogP contribution in [0.4, 0.5) is 17.6 Å². The Morgan fingerprint density at radius 2 is 1.88 bits per heavy atom. The highest BCUT2D eigenvalue weighted by Gasteiger charge is 2.66. The van der Waals surface area contributed by atoms with Crippen LogP contribution in [0.1, 0.15) is 19.8 Å². The van der Waals surface area contributed by atoms with E-state index in [9.17, 15) is 17.6 Å². The van der Waals surface area contributed by atoms with E-state index < -0.39 is 16.7 Å². The molecule has 2 aliphatic heterocycles. The van der Waals surface area contributed by atoms with Gasteiger partial charge < -0.3 is 0 Å². The van der Waals surface area contributed by atoms with Gasteiger partial charge in [0, 0.05) is 5.41 Å². The number of alkyl halides is 4. The lowest BCUT2D eigenvalue weighted by atomic mass is 9.74. The molecule has 17 heavy (non-hydrogen) atoms. The molecule has 7 heteroatoms. The van der Waals surface area contributed by atoms with Crippen molar-refractivity contribution in [1.82, 2.24) is 4.90 Å².